The first-order valence-corrected chi connectivity index (χ1v) is 7.35. The highest BCUT2D eigenvalue weighted by Crippen LogP contribution is 2.19. The van der Waals surface area contributed by atoms with Gasteiger partial charge in [0.25, 0.3) is 0 Å². The number of unbranched alkanes of at least 4 members (excludes halogenated alkanes) is 1. The van der Waals surface area contributed by atoms with E-state index >= 15 is 0 Å². The Labute approximate surface area is 107 Å². The summed E-state index contributed by atoms with van der Waals surface area (Å²) in [6, 6.07) is 0. The summed E-state index contributed by atoms with van der Waals surface area (Å²) in [6.07, 6.45) is 6.67. The van der Waals surface area contributed by atoms with Crippen LogP contribution in [0.15, 0.2) is 11.6 Å². The lowest BCUT2D eigenvalue weighted by atomic mass is 10.1. The summed E-state index contributed by atoms with van der Waals surface area (Å²) in [4.78, 5) is 22.4. The molecule has 0 radical (unpaired) electrons. The van der Waals surface area contributed by atoms with Crippen molar-refractivity contribution in [2.75, 3.05) is 18.1 Å². The first-order chi connectivity index (χ1) is 8.24. The molecule has 4 heteroatoms. The molecule has 0 heterocycles. The van der Waals surface area contributed by atoms with Crippen LogP contribution >= 0.6 is 11.8 Å². The minimum atomic E-state index is -0.133. The van der Waals surface area contributed by atoms with Crippen LogP contribution in [0.1, 0.15) is 39.0 Å². The Morgan fingerprint density at radius 1 is 1.47 bits per heavy atom. The minimum Gasteiger partial charge on any atom is -0.465 e. The molecule has 17 heavy (non-hydrogen) atoms. The highest BCUT2D eigenvalue weighted by molar-refractivity contribution is 7.99. The maximum absolute atomic E-state index is 11.3. The molecule has 96 valence electrons. The number of thioether (sulfide) groups is 1. The second kappa shape index (κ2) is 8.34. The predicted molar refractivity (Wildman–Crippen MR) is 70.1 cm³/mol. The number of Topliss-reactive ketones (excluding diaryl/α,β-unsaturated/α-hetero) is 1. The van der Waals surface area contributed by atoms with Gasteiger partial charge in [0.15, 0.2) is 5.78 Å². The Morgan fingerprint density at radius 3 is 2.94 bits per heavy atom. The van der Waals surface area contributed by atoms with Crippen molar-refractivity contribution < 1.29 is 14.3 Å². The first-order valence-electron chi connectivity index (χ1n) is 6.19. The fraction of sp³-hybridized carbons (Fsp3) is 0.692. The van der Waals surface area contributed by atoms with Crippen LogP contribution in [0.2, 0.25) is 0 Å². The quantitative estimate of drug-likeness (QED) is 0.495. The molecule has 0 atom stereocenters. The van der Waals surface area contributed by atoms with Gasteiger partial charge in [-0.05, 0) is 43.9 Å². The topological polar surface area (TPSA) is 43.4 Å². The number of ether oxygens (including phenoxy) is 1. The minimum absolute atomic E-state index is 0.133. The molecule has 0 aromatic heterocycles. The van der Waals surface area contributed by atoms with Gasteiger partial charge in [-0.1, -0.05) is 6.08 Å². The molecule has 0 saturated heterocycles. The number of carbonyl (C=O) groups is 2. The number of hydrogen-bond acceptors (Lipinski definition) is 4. The van der Waals surface area contributed by atoms with Gasteiger partial charge in [0.05, 0.1) is 12.4 Å². The van der Waals surface area contributed by atoms with Gasteiger partial charge in [0, 0.05) is 6.42 Å². The third-order valence-corrected chi connectivity index (χ3v) is 3.65. The predicted octanol–water partition coefficient (Wildman–Crippen LogP) is 2.74. The third kappa shape index (κ3) is 5.91. The molecule has 0 saturated carbocycles. The molecule has 0 N–H and O–H groups in total. The first kappa shape index (κ1) is 14.3. The number of carbonyl (C=O) groups excluding carboxylic acids is 2. The van der Waals surface area contributed by atoms with Crippen LogP contribution in [0.3, 0.4) is 0 Å². The normalized spacial score (nSPS) is 14.9. The van der Waals surface area contributed by atoms with Crippen molar-refractivity contribution in [2.45, 2.75) is 39.0 Å². The molecule has 0 amide bonds. The lowest BCUT2D eigenvalue weighted by molar-refractivity contribution is -0.139. The number of allylic oxidation sites excluding steroid dienone is 2. The zero-order valence-corrected chi connectivity index (χ0v) is 11.2. The molecule has 0 aromatic rings. The van der Waals surface area contributed by atoms with Crippen LogP contribution in [0.5, 0.6) is 0 Å². The fourth-order valence-electron chi connectivity index (χ4n) is 1.77. The second-order valence-electron chi connectivity index (χ2n) is 4.01. The Morgan fingerprint density at radius 2 is 2.29 bits per heavy atom. The van der Waals surface area contributed by atoms with E-state index in [9.17, 15) is 9.59 Å². The zero-order chi connectivity index (χ0) is 12.5. The number of hydrogen-bond donors (Lipinski definition) is 0. The van der Waals surface area contributed by atoms with E-state index in [4.69, 9.17) is 4.74 Å². The largest absolute Gasteiger partial charge is 0.465 e. The molecule has 0 bridgehead atoms. The number of ketones is 1. The molecule has 0 aliphatic heterocycles. The van der Waals surface area contributed by atoms with Crippen LogP contribution in [-0.4, -0.2) is 29.9 Å². The average molecular weight is 256 g/mol. The lowest BCUT2D eigenvalue weighted by Crippen LogP contribution is -2.07. The van der Waals surface area contributed by atoms with Gasteiger partial charge >= 0.3 is 5.97 Å². The van der Waals surface area contributed by atoms with Crippen LogP contribution in [0, 0.1) is 0 Å². The zero-order valence-electron chi connectivity index (χ0n) is 10.4. The summed E-state index contributed by atoms with van der Waals surface area (Å²) < 4.78 is 4.83. The van der Waals surface area contributed by atoms with Crippen LogP contribution in [-0.2, 0) is 14.3 Å². The Hall–Kier alpha value is -0.770. The van der Waals surface area contributed by atoms with E-state index in [2.05, 4.69) is 6.08 Å². The molecule has 0 aromatic carbocycles. The molecule has 1 aliphatic rings. The van der Waals surface area contributed by atoms with E-state index in [0.29, 0.717) is 24.6 Å². The summed E-state index contributed by atoms with van der Waals surface area (Å²) in [7, 11) is 0. The average Bonchev–Trinajstić information content (AvgIpc) is 2.70. The van der Waals surface area contributed by atoms with Crippen LogP contribution in [0.25, 0.3) is 0 Å². The highest BCUT2D eigenvalue weighted by Gasteiger charge is 2.13. The van der Waals surface area contributed by atoms with E-state index in [-0.39, 0.29) is 5.97 Å². The maximum Gasteiger partial charge on any atom is 0.315 e. The van der Waals surface area contributed by atoms with E-state index < -0.39 is 0 Å². The van der Waals surface area contributed by atoms with Crippen LogP contribution < -0.4 is 0 Å². The van der Waals surface area contributed by atoms with E-state index in [1.807, 2.05) is 6.92 Å². The molecule has 0 spiro atoms. The summed E-state index contributed by atoms with van der Waals surface area (Å²) in [5.41, 5.74) is 1.01. The number of rotatable bonds is 8. The molecule has 1 aliphatic carbocycles. The van der Waals surface area contributed by atoms with Crippen molar-refractivity contribution in [2.24, 2.45) is 0 Å². The van der Waals surface area contributed by atoms with Gasteiger partial charge in [-0.25, -0.2) is 0 Å². The summed E-state index contributed by atoms with van der Waals surface area (Å²) in [5, 5.41) is 0. The standard InChI is InChI=1S/C13H20O3S/c1-2-16-13(15)10-17-9-4-3-6-11-7-5-8-12(11)14/h7H,2-6,8-10H2,1H3. The van der Waals surface area contributed by atoms with Crippen molar-refractivity contribution in [1.82, 2.24) is 0 Å². The number of esters is 1. The summed E-state index contributed by atoms with van der Waals surface area (Å²) in [5.74, 6) is 1.59. The van der Waals surface area contributed by atoms with E-state index in [1.54, 1.807) is 11.8 Å². The summed E-state index contributed by atoms with van der Waals surface area (Å²) in [6.45, 7) is 2.27. The second-order valence-corrected chi connectivity index (χ2v) is 5.11. The molecule has 0 unspecified atom stereocenters. The maximum atomic E-state index is 11.3. The molecule has 1 rings (SSSR count). The van der Waals surface area contributed by atoms with Crippen molar-refractivity contribution in [3.05, 3.63) is 11.6 Å². The monoisotopic (exact) mass is 256 g/mol. The third-order valence-electron chi connectivity index (χ3n) is 2.63. The van der Waals surface area contributed by atoms with Crippen molar-refractivity contribution in [1.29, 1.82) is 0 Å². The van der Waals surface area contributed by atoms with E-state index in [1.165, 1.54) is 0 Å². The molecule has 0 fully saturated rings. The fourth-order valence-corrected chi connectivity index (χ4v) is 2.57. The van der Waals surface area contributed by atoms with Gasteiger partial charge in [-0.3, -0.25) is 9.59 Å². The van der Waals surface area contributed by atoms with E-state index in [0.717, 1.165) is 37.0 Å². The van der Waals surface area contributed by atoms with Gasteiger partial charge < -0.3 is 4.74 Å². The van der Waals surface area contributed by atoms with Gasteiger partial charge in [-0.2, -0.15) is 11.8 Å². The van der Waals surface area contributed by atoms with Crippen molar-refractivity contribution in [3.8, 4) is 0 Å². The molecular weight excluding hydrogens is 236 g/mol. The van der Waals surface area contributed by atoms with Crippen molar-refractivity contribution in [3.63, 3.8) is 0 Å². The Bertz CT molecular complexity index is 297. The van der Waals surface area contributed by atoms with Gasteiger partial charge in [0.2, 0.25) is 0 Å². The smallest absolute Gasteiger partial charge is 0.315 e. The molecular formula is C13H20O3S. The van der Waals surface area contributed by atoms with Crippen LogP contribution in [0.4, 0.5) is 0 Å². The Balaban J connectivity index is 1.94. The lowest BCUT2D eigenvalue weighted by Gasteiger charge is -2.02. The van der Waals surface area contributed by atoms with Gasteiger partial charge in [-0.15, -0.1) is 0 Å². The van der Waals surface area contributed by atoms with Gasteiger partial charge in [0.1, 0.15) is 0 Å². The summed E-state index contributed by atoms with van der Waals surface area (Å²) >= 11 is 1.61. The highest BCUT2D eigenvalue weighted by atomic mass is 32.2. The Kier molecular flexibility index (Phi) is 7.01. The van der Waals surface area contributed by atoms with Crippen molar-refractivity contribution >= 4 is 23.5 Å². The SMILES string of the molecule is CCOC(=O)CSCCCCC1=CCCC1=O. The molecule has 3 nitrogen and oxygen atoms in total.